The van der Waals surface area contributed by atoms with Gasteiger partial charge in [-0.1, -0.05) is 37.1 Å². The first kappa shape index (κ1) is 42.5. The fourth-order valence-corrected chi connectivity index (χ4v) is 11.5. The second kappa shape index (κ2) is 17.4. The summed E-state index contributed by atoms with van der Waals surface area (Å²) in [5, 5.41) is 26.9. The molecule has 2 aromatic rings. The molecule has 0 radical (unpaired) electrons. The SMILES string of the molecule is C/C=C/c1ccc2n(c1=O)C[C@H]1[C@H](CO)[C@@H](C(=O)NC3CCC3)N(C(=O)C3CCC3)[C@@H]21.C/C=C\c1ccc2n(c1=O)C[C@H]1[C@H](CO)[C@@H](C(=O)NC3CCC3)N(C(=O)C3CCC3)[C@@H]21. The molecule has 6 heterocycles. The maximum atomic E-state index is 13.5. The van der Waals surface area contributed by atoms with Crippen molar-refractivity contribution in [2.24, 2.45) is 35.5 Å². The average Bonchev–Trinajstić information content (AvgIpc) is 3.92. The normalized spacial score (nSPS) is 30.1. The third kappa shape index (κ3) is 7.09. The summed E-state index contributed by atoms with van der Waals surface area (Å²) in [4.78, 5) is 83.3. The Morgan fingerprint density at radius 2 is 0.968 bits per heavy atom. The summed E-state index contributed by atoms with van der Waals surface area (Å²) in [6.07, 6.45) is 18.8. The van der Waals surface area contributed by atoms with Crippen LogP contribution in [-0.4, -0.2) is 90.2 Å². The minimum atomic E-state index is -0.673. The van der Waals surface area contributed by atoms with Gasteiger partial charge in [0.25, 0.3) is 11.1 Å². The number of hydrogen-bond acceptors (Lipinski definition) is 8. The molecular formula is C48H62N6O8. The molecule has 8 aliphatic rings. The lowest BCUT2D eigenvalue weighted by Gasteiger charge is -2.37. The second-order valence-electron chi connectivity index (χ2n) is 19.1. The molecule has 10 rings (SSSR count). The molecule has 0 aromatic carbocycles. The number of amides is 4. The highest BCUT2D eigenvalue weighted by Gasteiger charge is 2.60. The Balaban J connectivity index is 0.000000158. The molecule has 332 valence electrons. The molecule has 2 aromatic heterocycles. The fourth-order valence-electron chi connectivity index (χ4n) is 11.5. The van der Waals surface area contributed by atoms with Crippen LogP contribution in [0.2, 0.25) is 0 Å². The van der Waals surface area contributed by atoms with Gasteiger partial charge in [0.05, 0.1) is 12.1 Å². The van der Waals surface area contributed by atoms with Crippen LogP contribution in [0, 0.1) is 35.5 Å². The van der Waals surface area contributed by atoms with Gasteiger partial charge in [-0.05, 0) is 102 Å². The predicted molar refractivity (Wildman–Crippen MR) is 232 cm³/mol. The Morgan fingerprint density at radius 3 is 1.26 bits per heavy atom. The van der Waals surface area contributed by atoms with Crippen LogP contribution >= 0.6 is 0 Å². The van der Waals surface area contributed by atoms with Crippen molar-refractivity contribution in [2.75, 3.05) is 13.2 Å². The lowest BCUT2D eigenvalue weighted by Crippen LogP contribution is -2.55. The molecule has 4 amide bonds. The maximum Gasteiger partial charge on any atom is 0.258 e. The average molecular weight is 851 g/mol. The molecule has 0 spiro atoms. The largest absolute Gasteiger partial charge is 0.396 e. The monoisotopic (exact) mass is 850 g/mol. The second-order valence-corrected chi connectivity index (χ2v) is 19.1. The number of pyridine rings is 2. The molecule has 14 heteroatoms. The van der Waals surface area contributed by atoms with Gasteiger partial charge in [-0.2, -0.15) is 0 Å². The first-order valence-corrected chi connectivity index (χ1v) is 23.3. The van der Waals surface area contributed by atoms with E-state index in [9.17, 15) is 39.0 Å². The van der Waals surface area contributed by atoms with Crippen LogP contribution in [-0.2, 0) is 32.3 Å². The van der Waals surface area contributed by atoms with Crippen molar-refractivity contribution in [1.82, 2.24) is 29.6 Å². The highest BCUT2D eigenvalue weighted by Crippen LogP contribution is 2.52. The van der Waals surface area contributed by atoms with Crippen LogP contribution in [0.1, 0.15) is 125 Å². The number of allylic oxidation sites excluding steroid dienone is 2. The van der Waals surface area contributed by atoms with Gasteiger partial charge < -0.3 is 39.8 Å². The standard InChI is InChI=1S/2C24H31N3O4/c2*1-2-5-14-10-11-19-20-17(12-26(19)23(14)30)18(13-28)21(22(29)25-16-8-4-9-16)27(20)24(31)15-6-3-7-15/h2*2,5,10-11,15-18,20-21,28H,3-4,6-9,12-13H2,1H3,(H,25,29)/b5-2+;5-2-/t2*17-,18-,20+,21-/m00/s1. The van der Waals surface area contributed by atoms with E-state index in [1.807, 2.05) is 38.1 Å². The zero-order valence-corrected chi connectivity index (χ0v) is 36.0. The number of carbonyl (C=O) groups is 4. The summed E-state index contributed by atoms with van der Waals surface area (Å²) in [7, 11) is 0. The number of aromatic nitrogens is 2. The van der Waals surface area contributed by atoms with Crippen molar-refractivity contribution in [3.05, 3.63) is 79.6 Å². The Bertz CT molecular complexity index is 2110. The molecule has 6 fully saturated rings. The summed E-state index contributed by atoms with van der Waals surface area (Å²) >= 11 is 0. The Morgan fingerprint density at radius 1 is 0.597 bits per heavy atom. The molecule has 4 aliphatic heterocycles. The van der Waals surface area contributed by atoms with Crippen molar-refractivity contribution < 1.29 is 29.4 Å². The van der Waals surface area contributed by atoms with E-state index in [0.717, 1.165) is 88.4 Å². The molecule has 14 nitrogen and oxygen atoms in total. The summed E-state index contributed by atoms with van der Waals surface area (Å²) < 4.78 is 3.49. The number of nitrogens with zero attached hydrogens (tertiary/aromatic N) is 4. The van der Waals surface area contributed by atoms with Crippen LogP contribution in [0.5, 0.6) is 0 Å². The van der Waals surface area contributed by atoms with E-state index < -0.39 is 12.1 Å². The molecule has 2 saturated heterocycles. The summed E-state index contributed by atoms with van der Waals surface area (Å²) in [6.45, 7) is 4.25. The van der Waals surface area contributed by atoms with Gasteiger partial charge in [0, 0.05) is 96.4 Å². The molecule has 4 saturated carbocycles. The number of hydrogen-bond donors (Lipinski definition) is 4. The molecule has 4 aliphatic carbocycles. The fraction of sp³-hybridized carbons (Fsp3) is 0.625. The lowest BCUT2D eigenvalue weighted by molar-refractivity contribution is -0.147. The van der Waals surface area contributed by atoms with Crippen molar-refractivity contribution in [3.8, 4) is 0 Å². The van der Waals surface area contributed by atoms with Gasteiger partial charge in [-0.25, -0.2) is 0 Å². The van der Waals surface area contributed by atoms with Gasteiger partial charge in [-0.3, -0.25) is 28.8 Å². The number of aliphatic hydroxyl groups is 2. The number of fused-ring (bicyclic) bond motifs is 6. The number of nitrogens with one attached hydrogen (secondary N) is 2. The molecule has 4 N–H and O–H groups in total. The van der Waals surface area contributed by atoms with Gasteiger partial charge >= 0.3 is 0 Å². The van der Waals surface area contributed by atoms with Gasteiger partial charge in [-0.15, -0.1) is 0 Å². The molecular weight excluding hydrogens is 789 g/mol. The highest BCUT2D eigenvalue weighted by atomic mass is 16.3. The third-order valence-electron chi connectivity index (χ3n) is 15.8. The van der Waals surface area contributed by atoms with Crippen molar-refractivity contribution in [2.45, 2.75) is 140 Å². The summed E-state index contributed by atoms with van der Waals surface area (Å²) in [5.41, 5.74) is 2.65. The van der Waals surface area contributed by atoms with E-state index in [1.54, 1.807) is 43.2 Å². The van der Waals surface area contributed by atoms with E-state index in [2.05, 4.69) is 10.6 Å². The summed E-state index contributed by atoms with van der Waals surface area (Å²) in [5.74, 6) is -1.43. The topological polar surface area (TPSA) is 183 Å². The van der Waals surface area contributed by atoms with E-state index in [-0.39, 0.29) is 108 Å². The minimum Gasteiger partial charge on any atom is -0.396 e. The zero-order chi connectivity index (χ0) is 43.4. The van der Waals surface area contributed by atoms with Gasteiger partial charge in [0.15, 0.2) is 0 Å². The van der Waals surface area contributed by atoms with Gasteiger partial charge in [0.1, 0.15) is 12.1 Å². The maximum absolute atomic E-state index is 13.5. The first-order valence-electron chi connectivity index (χ1n) is 23.3. The molecule has 62 heavy (non-hydrogen) atoms. The highest BCUT2D eigenvalue weighted by molar-refractivity contribution is 5.91. The Labute approximate surface area is 362 Å². The van der Waals surface area contributed by atoms with Crippen molar-refractivity contribution in [1.29, 1.82) is 0 Å². The van der Waals surface area contributed by atoms with E-state index in [1.165, 1.54) is 0 Å². The molecule has 0 bridgehead atoms. The number of rotatable bonds is 10. The minimum absolute atomic E-state index is 0.00406. The van der Waals surface area contributed by atoms with Gasteiger partial charge in [0.2, 0.25) is 23.6 Å². The quantitative estimate of drug-likeness (QED) is 0.279. The third-order valence-corrected chi connectivity index (χ3v) is 15.8. The van der Waals surface area contributed by atoms with Crippen molar-refractivity contribution in [3.63, 3.8) is 0 Å². The van der Waals surface area contributed by atoms with Crippen LogP contribution in [0.4, 0.5) is 0 Å². The van der Waals surface area contributed by atoms with Crippen LogP contribution < -0.4 is 21.8 Å². The Hall–Kier alpha value is -4.82. The Kier molecular flexibility index (Phi) is 11.9. The number of aliphatic hydroxyl groups excluding tert-OH is 2. The van der Waals surface area contributed by atoms with Crippen LogP contribution in [0.25, 0.3) is 12.2 Å². The summed E-state index contributed by atoms with van der Waals surface area (Å²) in [6, 6.07) is 5.77. The zero-order valence-electron chi connectivity index (χ0n) is 36.0. The van der Waals surface area contributed by atoms with E-state index in [4.69, 9.17) is 0 Å². The molecule has 8 atom stereocenters. The number of carbonyl (C=O) groups excluding carboxylic acids is 4. The van der Waals surface area contributed by atoms with E-state index in [0.29, 0.717) is 24.2 Å². The number of likely N-dealkylation sites (tertiary alicyclic amines) is 2. The first-order chi connectivity index (χ1) is 30.1. The van der Waals surface area contributed by atoms with E-state index >= 15 is 0 Å². The van der Waals surface area contributed by atoms with Crippen molar-refractivity contribution >= 4 is 35.8 Å². The lowest BCUT2D eigenvalue weighted by atomic mass is 9.83. The van der Waals surface area contributed by atoms with Crippen LogP contribution in [0.15, 0.2) is 46.0 Å². The predicted octanol–water partition coefficient (Wildman–Crippen LogP) is 3.68. The molecule has 0 unspecified atom stereocenters. The van der Waals surface area contributed by atoms with Crippen LogP contribution in [0.3, 0.4) is 0 Å². The smallest absolute Gasteiger partial charge is 0.258 e.